The van der Waals surface area contributed by atoms with Gasteiger partial charge in [0.1, 0.15) is 11.6 Å². The van der Waals surface area contributed by atoms with E-state index in [1.807, 2.05) is 41.8 Å². The molecule has 7 heteroatoms. The number of fused-ring (bicyclic) bond motifs is 1. The van der Waals surface area contributed by atoms with E-state index in [0.29, 0.717) is 25.1 Å². The maximum atomic E-state index is 12.3. The molecule has 30 heavy (non-hydrogen) atoms. The fraction of sp³-hybridized carbons (Fsp3) is 0.348. The topological polar surface area (TPSA) is 73.7 Å². The maximum Gasteiger partial charge on any atom is 0.307 e. The first-order valence-corrected chi connectivity index (χ1v) is 9.92. The van der Waals surface area contributed by atoms with Crippen molar-refractivity contribution < 1.29 is 19.1 Å². The van der Waals surface area contributed by atoms with Crippen molar-refractivity contribution in [2.45, 2.75) is 26.3 Å². The lowest BCUT2D eigenvalue weighted by Gasteiger charge is -2.11. The Bertz CT molecular complexity index is 1040. The fourth-order valence-corrected chi connectivity index (χ4v) is 3.31. The van der Waals surface area contributed by atoms with E-state index in [4.69, 9.17) is 14.5 Å². The molecule has 0 aliphatic rings. The van der Waals surface area contributed by atoms with Crippen molar-refractivity contribution in [1.29, 1.82) is 0 Å². The molecule has 3 rings (SSSR count). The van der Waals surface area contributed by atoms with Crippen molar-refractivity contribution >= 4 is 22.9 Å². The molecule has 0 N–H and O–H groups in total. The Morgan fingerprint density at radius 3 is 2.47 bits per heavy atom. The SMILES string of the molecule is CCOc1ccc(Cc2nc3cc(C(=O)N(C)C)ccc3n2CCC(=O)OC)cc1. The van der Waals surface area contributed by atoms with Crippen molar-refractivity contribution in [1.82, 2.24) is 14.5 Å². The molecule has 0 saturated carbocycles. The molecule has 7 nitrogen and oxygen atoms in total. The van der Waals surface area contributed by atoms with E-state index in [-0.39, 0.29) is 18.3 Å². The highest BCUT2D eigenvalue weighted by atomic mass is 16.5. The molecule has 1 heterocycles. The minimum atomic E-state index is -0.275. The maximum absolute atomic E-state index is 12.3. The van der Waals surface area contributed by atoms with Crippen molar-refractivity contribution in [3.05, 3.63) is 59.4 Å². The van der Waals surface area contributed by atoms with Crippen molar-refractivity contribution in [3.8, 4) is 5.75 Å². The van der Waals surface area contributed by atoms with Crippen molar-refractivity contribution in [3.63, 3.8) is 0 Å². The molecular formula is C23H27N3O4. The Balaban J connectivity index is 1.96. The molecule has 0 radical (unpaired) electrons. The van der Waals surface area contributed by atoms with Gasteiger partial charge in [-0.2, -0.15) is 0 Å². The summed E-state index contributed by atoms with van der Waals surface area (Å²) in [5.74, 6) is 1.30. The van der Waals surface area contributed by atoms with Gasteiger partial charge < -0.3 is 18.9 Å². The van der Waals surface area contributed by atoms with E-state index < -0.39 is 0 Å². The van der Waals surface area contributed by atoms with E-state index in [1.54, 1.807) is 26.2 Å². The van der Waals surface area contributed by atoms with Crippen LogP contribution in [0.2, 0.25) is 0 Å². The number of imidazole rings is 1. The largest absolute Gasteiger partial charge is 0.494 e. The van der Waals surface area contributed by atoms with Gasteiger partial charge in [-0.3, -0.25) is 9.59 Å². The lowest BCUT2D eigenvalue weighted by Crippen LogP contribution is -2.21. The molecule has 3 aromatic rings. The molecule has 1 amide bonds. The molecule has 0 aliphatic heterocycles. The average molecular weight is 409 g/mol. The quantitative estimate of drug-likeness (QED) is 0.534. The second-order valence-electron chi connectivity index (χ2n) is 7.16. The lowest BCUT2D eigenvalue weighted by molar-refractivity contribution is -0.140. The van der Waals surface area contributed by atoms with Crippen LogP contribution < -0.4 is 4.74 Å². The van der Waals surface area contributed by atoms with Crippen LogP contribution in [0, 0.1) is 0 Å². The minimum absolute atomic E-state index is 0.0749. The van der Waals surface area contributed by atoms with E-state index in [1.165, 1.54) is 12.0 Å². The van der Waals surface area contributed by atoms with Crippen molar-refractivity contribution in [2.75, 3.05) is 27.8 Å². The Hall–Kier alpha value is -3.35. The van der Waals surface area contributed by atoms with E-state index in [0.717, 1.165) is 28.2 Å². The van der Waals surface area contributed by atoms with Gasteiger partial charge in [0.05, 0.1) is 31.2 Å². The van der Waals surface area contributed by atoms with Gasteiger partial charge in [0.25, 0.3) is 5.91 Å². The van der Waals surface area contributed by atoms with Crippen LogP contribution in [0.1, 0.15) is 35.1 Å². The molecule has 0 unspecified atom stereocenters. The number of rotatable bonds is 8. The highest BCUT2D eigenvalue weighted by Gasteiger charge is 2.16. The predicted molar refractivity (Wildman–Crippen MR) is 115 cm³/mol. The molecule has 0 saturated heterocycles. The fourth-order valence-electron chi connectivity index (χ4n) is 3.31. The van der Waals surface area contributed by atoms with Gasteiger partial charge in [0, 0.05) is 32.6 Å². The summed E-state index contributed by atoms with van der Waals surface area (Å²) in [6.45, 7) is 3.03. The second kappa shape index (κ2) is 9.43. The van der Waals surface area contributed by atoms with Crippen LogP contribution in [-0.4, -0.2) is 54.1 Å². The minimum Gasteiger partial charge on any atom is -0.494 e. The number of amides is 1. The average Bonchev–Trinajstić information content (AvgIpc) is 3.08. The van der Waals surface area contributed by atoms with Gasteiger partial charge in [-0.1, -0.05) is 12.1 Å². The number of esters is 1. The number of hydrogen-bond donors (Lipinski definition) is 0. The van der Waals surface area contributed by atoms with E-state index >= 15 is 0 Å². The van der Waals surface area contributed by atoms with Gasteiger partial charge in [-0.15, -0.1) is 0 Å². The first-order chi connectivity index (χ1) is 14.4. The van der Waals surface area contributed by atoms with Crippen LogP contribution in [0.3, 0.4) is 0 Å². The van der Waals surface area contributed by atoms with Crippen LogP contribution >= 0.6 is 0 Å². The summed E-state index contributed by atoms with van der Waals surface area (Å²) >= 11 is 0. The predicted octanol–water partition coefficient (Wildman–Crippen LogP) is 3.29. The molecule has 1 aromatic heterocycles. The molecule has 0 bridgehead atoms. The first-order valence-electron chi connectivity index (χ1n) is 9.92. The second-order valence-corrected chi connectivity index (χ2v) is 7.16. The first kappa shape index (κ1) is 21.4. The van der Waals surface area contributed by atoms with E-state index in [9.17, 15) is 9.59 Å². The molecular weight excluding hydrogens is 382 g/mol. The van der Waals surface area contributed by atoms with E-state index in [2.05, 4.69) is 0 Å². The van der Waals surface area contributed by atoms with Gasteiger partial charge in [-0.25, -0.2) is 4.98 Å². The van der Waals surface area contributed by atoms with Gasteiger partial charge in [0.15, 0.2) is 0 Å². The molecule has 0 atom stereocenters. The summed E-state index contributed by atoms with van der Waals surface area (Å²) in [5, 5.41) is 0. The summed E-state index contributed by atoms with van der Waals surface area (Å²) < 4.78 is 12.3. The van der Waals surface area contributed by atoms with Crippen LogP contribution in [0.25, 0.3) is 11.0 Å². The molecule has 0 spiro atoms. The zero-order chi connectivity index (χ0) is 21.7. The number of carbonyl (C=O) groups is 2. The number of methoxy groups -OCH3 is 1. The van der Waals surface area contributed by atoms with Crippen LogP contribution in [0.15, 0.2) is 42.5 Å². The standard InChI is InChI=1S/C23H27N3O4/c1-5-30-18-9-6-16(7-10-18)14-21-24-19-15-17(23(28)25(2)3)8-11-20(19)26(21)13-12-22(27)29-4/h6-11,15H,5,12-14H2,1-4H3. The van der Waals surface area contributed by atoms with Crippen molar-refractivity contribution in [2.24, 2.45) is 0 Å². The smallest absolute Gasteiger partial charge is 0.307 e. The molecule has 158 valence electrons. The third-order valence-corrected chi connectivity index (χ3v) is 4.84. The van der Waals surface area contributed by atoms with Gasteiger partial charge >= 0.3 is 5.97 Å². The zero-order valence-electron chi connectivity index (χ0n) is 17.8. The number of nitrogens with zero attached hydrogens (tertiary/aromatic N) is 3. The highest BCUT2D eigenvalue weighted by Crippen LogP contribution is 2.22. The Morgan fingerprint density at radius 1 is 1.10 bits per heavy atom. The van der Waals surface area contributed by atoms with Crippen LogP contribution in [0.4, 0.5) is 0 Å². The number of aromatic nitrogens is 2. The number of hydrogen-bond acceptors (Lipinski definition) is 5. The molecule has 0 fully saturated rings. The van der Waals surface area contributed by atoms with Gasteiger partial charge in [-0.05, 0) is 42.8 Å². The third-order valence-electron chi connectivity index (χ3n) is 4.84. The van der Waals surface area contributed by atoms with Crippen LogP contribution in [0.5, 0.6) is 5.75 Å². The van der Waals surface area contributed by atoms with Crippen LogP contribution in [-0.2, 0) is 22.5 Å². The number of benzene rings is 2. The Kier molecular flexibility index (Phi) is 6.72. The summed E-state index contributed by atoms with van der Waals surface area (Å²) in [4.78, 5) is 30.4. The number of carbonyl (C=O) groups excluding carboxylic acids is 2. The highest BCUT2D eigenvalue weighted by molar-refractivity contribution is 5.97. The zero-order valence-corrected chi connectivity index (χ0v) is 17.8. The normalized spacial score (nSPS) is 10.8. The van der Waals surface area contributed by atoms with Gasteiger partial charge in [0.2, 0.25) is 0 Å². The Morgan fingerprint density at radius 2 is 1.83 bits per heavy atom. The third kappa shape index (κ3) is 4.79. The summed E-state index contributed by atoms with van der Waals surface area (Å²) in [7, 11) is 4.83. The molecule has 0 aliphatic carbocycles. The summed E-state index contributed by atoms with van der Waals surface area (Å²) in [6.07, 6.45) is 0.843. The summed E-state index contributed by atoms with van der Waals surface area (Å²) in [6, 6.07) is 13.4. The molecule has 2 aromatic carbocycles. The lowest BCUT2D eigenvalue weighted by atomic mass is 10.1. The Labute approximate surface area is 176 Å². The number of aryl methyl sites for hydroxylation is 1. The number of ether oxygens (including phenoxy) is 2. The summed E-state index contributed by atoms with van der Waals surface area (Å²) in [5.41, 5.74) is 3.28. The monoisotopic (exact) mass is 409 g/mol.